The second-order valence-electron chi connectivity index (χ2n) is 7.90. The monoisotopic (exact) mass is 476 g/mol. The first-order valence-corrected chi connectivity index (χ1v) is 11.1. The molecule has 1 fully saturated rings. The van der Waals surface area contributed by atoms with Crippen LogP contribution in [0.5, 0.6) is 11.5 Å². The van der Waals surface area contributed by atoms with Crippen molar-refractivity contribution in [2.45, 2.75) is 13.0 Å². The van der Waals surface area contributed by atoms with E-state index >= 15 is 0 Å². The third-order valence-electron chi connectivity index (χ3n) is 5.73. The van der Waals surface area contributed by atoms with Crippen molar-refractivity contribution in [3.8, 4) is 11.5 Å². The second-order valence-corrected chi connectivity index (χ2v) is 8.34. The summed E-state index contributed by atoms with van der Waals surface area (Å²) in [6, 6.07) is 20.9. The van der Waals surface area contributed by atoms with E-state index in [1.54, 1.807) is 49.6 Å². The number of carbonyl (C=O) groups is 2. The molecule has 3 aromatic carbocycles. The first-order valence-electron chi connectivity index (χ1n) is 10.8. The summed E-state index contributed by atoms with van der Waals surface area (Å²) >= 11 is 6.07. The molecular formula is C27H25ClN2O4. The van der Waals surface area contributed by atoms with E-state index in [4.69, 9.17) is 21.1 Å². The molecule has 1 aliphatic heterocycles. The van der Waals surface area contributed by atoms with Crippen molar-refractivity contribution in [1.29, 1.82) is 0 Å². The van der Waals surface area contributed by atoms with Crippen molar-refractivity contribution >= 4 is 40.9 Å². The molecule has 0 aromatic heterocycles. The van der Waals surface area contributed by atoms with Gasteiger partial charge in [0.2, 0.25) is 5.91 Å². The second kappa shape index (κ2) is 10.0. The zero-order valence-corrected chi connectivity index (χ0v) is 20.0. The minimum Gasteiger partial charge on any atom is -0.497 e. The van der Waals surface area contributed by atoms with E-state index in [9.17, 15) is 9.59 Å². The summed E-state index contributed by atoms with van der Waals surface area (Å²) in [5.74, 6) is 0.568. The lowest BCUT2D eigenvalue weighted by Crippen LogP contribution is -2.61. The lowest BCUT2D eigenvalue weighted by molar-refractivity contribution is -0.127. The SMILES string of the molecule is COc1ccc(OC)c(N2CC(=O)N(c3ccc(Cl)cc3)[C@@H](/C(C)=C/c3ccccc3)C2=O)c1. The fourth-order valence-electron chi connectivity index (χ4n) is 4.09. The summed E-state index contributed by atoms with van der Waals surface area (Å²) in [6.45, 7) is 1.72. The van der Waals surface area contributed by atoms with E-state index in [1.807, 2.05) is 43.3 Å². The smallest absolute Gasteiger partial charge is 0.255 e. The highest BCUT2D eigenvalue weighted by molar-refractivity contribution is 6.30. The maximum atomic E-state index is 14.0. The van der Waals surface area contributed by atoms with Gasteiger partial charge in [-0.05, 0) is 54.5 Å². The Morgan fingerprint density at radius 1 is 0.971 bits per heavy atom. The van der Waals surface area contributed by atoms with Gasteiger partial charge in [0.05, 0.1) is 19.9 Å². The number of halogens is 1. The summed E-state index contributed by atoms with van der Waals surface area (Å²) in [5.41, 5.74) is 2.75. The van der Waals surface area contributed by atoms with E-state index < -0.39 is 6.04 Å². The molecule has 0 bridgehead atoms. The zero-order chi connectivity index (χ0) is 24.2. The maximum Gasteiger partial charge on any atom is 0.255 e. The van der Waals surface area contributed by atoms with Gasteiger partial charge in [-0.3, -0.25) is 19.4 Å². The standard InChI is InChI=1S/C27H25ClN2O4/c1-18(15-19-7-5-4-6-8-19)26-27(32)29(23-16-22(33-2)13-14-24(23)34-3)17-25(31)30(26)21-11-9-20(28)10-12-21/h4-16,26H,17H2,1-3H3/b18-15+/t26-/m0/s1. The fourth-order valence-corrected chi connectivity index (χ4v) is 4.21. The first-order chi connectivity index (χ1) is 16.4. The van der Waals surface area contributed by atoms with Crippen LogP contribution >= 0.6 is 11.6 Å². The highest BCUT2D eigenvalue weighted by Gasteiger charge is 2.42. The zero-order valence-electron chi connectivity index (χ0n) is 19.2. The van der Waals surface area contributed by atoms with Gasteiger partial charge in [0.1, 0.15) is 24.1 Å². The molecule has 7 heteroatoms. The van der Waals surface area contributed by atoms with Gasteiger partial charge in [-0.25, -0.2) is 0 Å². The van der Waals surface area contributed by atoms with Crippen molar-refractivity contribution in [3.05, 3.63) is 89.0 Å². The third kappa shape index (κ3) is 4.63. The van der Waals surface area contributed by atoms with E-state index in [0.29, 0.717) is 27.9 Å². The molecule has 0 unspecified atom stereocenters. The number of hydrogen-bond donors (Lipinski definition) is 0. The molecule has 174 valence electrons. The van der Waals surface area contributed by atoms with Crippen LogP contribution in [0.15, 0.2) is 78.4 Å². The molecule has 34 heavy (non-hydrogen) atoms. The molecule has 0 saturated carbocycles. The Morgan fingerprint density at radius 3 is 2.32 bits per heavy atom. The highest BCUT2D eigenvalue weighted by Crippen LogP contribution is 2.36. The Labute approximate surface area is 204 Å². The van der Waals surface area contributed by atoms with Crippen LogP contribution in [0.1, 0.15) is 12.5 Å². The van der Waals surface area contributed by atoms with Crippen molar-refractivity contribution in [1.82, 2.24) is 0 Å². The molecule has 2 amide bonds. The largest absolute Gasteiger partial charge is 0.497 e. The lowest BCUT2D eigenvalue weighted by Gasteiger charge is -2.41. The fraction of sp³-hybridized carbons (Fsp3) is 0.185. The molecule has 0 aliphatic carbocycles. The number of carbonyl (C=O) groups excluding carboxylic acids is 2. The van der Waals surface area contributed by atoms with E-state index in [0.717, 1.165) is 11.1 Å². The Hall–Kier alpha value is -3.77. The number of piperazine rings is 1. The Kier molecular flexibility index (Phi) is 6.89. The molecule has 4 rings (SSSR count). The summed E-state index contributed by atoms with van der Waals surface area (Å²) in [6.07, 6.45) is 1.92. The Bertz CT molecular complexity index is 1230. The van der Waals surface area contributed by atoms with Gasteiger partial charge in [0.15, 0.2) is 0 Å². The number of anilines is 2. The minimum atomic E-state index is -0.849. The molecule has 0 N–H and O–H groups in total. The molecule has 1 heterocycles. The van der Waals surface area contributed by atoms with Gasteiger partial charge < -0.3 is 9.47 Å². The first kappa shape index (κ1) is 23.4. The quantitative estimate of drug-likeness (QED) is 0.490. The number of nitrogens with zero attached hydrogens (tertiary/aromatic N) is 2. The third-order valence-corrected chi connectivity index (χ3v) is 5.98. The predicted molar refractivity (Wildman–Crippen MR) is 135 cm³/mol. The molecule has 3 aromatic rings. The van der Waals surface area contributed by atoms with Crippen LogP contribution in [0.4, 0.5) is 11.4 Å². The number of methoxy groups -OCH3 is 2. The summed E-state index contributed by atoms with van der Waals surface area (Å²) in [7, 11) is 3.08. The maximum absolute atomic E-state index is 14.0. The number of benzene rings is 3. The van der Waals surface area contributed by atoms with Crippen LogP contribution < -0.4 is 19.3 Å². The molecule has 1 atom stereocenters. The van der Waals surface area contributed by atoms with Gasteiger partial charge in [0, 0.05) is 16.8 Å². The van der Waals surface area contributed by atoms with Crippen LogP contribution in [0.3, 0.4) is 0 Å². The number of hydrogen-bond acceptors (Lipinski definition) is 4. The Balaban J connectivity index is 1.83. The molecule has 1 aliphatic rings. The van der Waals surface area contributed by atoms with Crippen molar-refractivity contribution in [3.63, 3.8) is 0 Å². The molecule has 0 spiro atoms. The summed E-state index contributed by atoms with van der Waals surface area (Å²) in [5, 5.41) is 0.551. The minimum absolute atomic E-state index is 0.139. The van der Waals surface area contributed by atoms with E-state index in [1.165, 1.54) is 16.9 Å². The summed E-state index contributed by atoms with van der Waals surface area (Å²) in [4.78, 5) is 30.5. The molecule has 1 saturated heterocycles. The van der Waals surface area contributed by atoms with Gasteiger partial charge >= 0.3 is 0 Å². The van der Waals surface area contributed by atoms with Crippen LogP contribution in [-0.2, 0) is 9.59 Å². The predicted octanol–water partition coefficient (Wildman–Crippen LogP) is 5.21. The van der Waals surface area contributed by atoms with Crippen LogP contribution in [0.2, 0.25) is 5.02 Å². The van der Waals surface area contributed by atoms with Crippen molar-refractivity contribution < 1.29 is 19.1 Å². The number of amides is 2. The number of ether oxygens (including phenoxy) is 2. The van der Waals surface area contributed by atoms with Crippen molar-refractivity contribution in [2.75, 3.05) is 30.6 Å². The Morgan fingerprint density at radius 2 is 1.68 bits per heavy atom. The topological polar surface area (TPSA) is 59.1 Å². The molecule has 0 radical (unpaired) electrons. The van der Waals surface area contributed by atoms with E-state index in [-0.39, 0.29) is 18.4 Å². The van der Waals surface area contributed by atoms with E-state index in [2.05, 4.69) is 0 Å². The summed E-state index contributed by atoms with van der Waals surface area (Å²) < 4.78 is 10.8. The van der Waals surface area contributed by atoms with Crippen LogP contribution in [-0.4, -0.2) is 38.6 Å². The number of rotatable bonds is 6. The van der Waals surface area contributed by atoms with Crippen molar-refractivity contribution in [2.24, 2.45) is 0 Å². The lowest BCUT2D eigenvalue weighted by atomic mass is 9.98. The molecule has 6 nitrogen and oxygen atoms in total. The molecular weight excluding hydrogens is 452 g/mol. The highest BCUT2D eigenvalue weighted by atomic mass is 35.5. The van der Waals surface area contributed by atoms with Gasteiger partial charge in [-0.2, -0.15) is 0 Å². The van der Waals surface area contributed by atoms with Crippen LogP contribution in [0, 0.1) is 0 Å². The average molecular weight is 477 g/mol. The van der Waals surface area contributed by atoms with Gasteiger partial charge in [-0.15, -0.1) is 0 Å². The van der Waals surface area contributed by atoms with Gasteiger partial charge in [-0.1, -0.05) is 48.0 Å². The normalized spacial score (nSPS) is 16.6. The van der Waals surface area contributed by atoms with Crippen LogP contribution in [0.25, 0.3) is 6.08 Å². The van der Waals surface area contributed by atoms with Gasteiger partial charge in [0.25, 0.3) is 5.91 Å². The average Bonchev–Trinajstić information content (AvgIpc) is 2.85.